The lowest BCUT2D eigenvalue weighted by molar-refractivity contribution is -0.137. The number of ketones is 1. The maximum absolute atomic E-state index is 12.6. The zero-order valence-corrected chi connectivity index (χ0v) is 13.7. The molecule has 0 radical (unpaired) electrons. The highest BCUT2D eigenvalue weighted by molar-refractivity contribution is 6.38. The number of primary amides is 1. The molecule has 26 heavy (non-hydrogen) atoms. The van der Waals surface area contributed by atoms with E-state index >= 15 is 0 Å². The average Bonchev–Trinajstić information content (AvgIpc) is 3.32. The molecule has 0 aliphatic carbocycles. The molecule has 0 fully saturated rings. The van der Waals surface area contributed by atoms with Gasteiger partial charge in [-0.15, -0.1) is 0 Å². The first kappa shape index (κ1) is 17.2. The van der Waals surface area contributed by atoms with E-state index in [9.17, 15) is 14.4 Å². The number of furan rings is 1. The van der Waals surface area contributed by atoms with Crippen LogP contribution in [-0.4, -0.2) is 33.4 Å². The molecule has 0 aliphatic rings. The van der Waals surface area contributed by atoms with Gasteiger partial charge in [-0.1, -0.05) is 30.3 Å². The number of amides is 2. The molecule has 1 atom stereocenters. The highest BCUT2D eigenvalue weighted by Crippen LogP contribution is 2.12. The number of hydrogen-bond donors (Lipinski definition) is 2. The molecule has 8 nitrogen and oxygen atoms in total. The summed E-state index contributed by atoms with van der Waals surface area (Å²) in [6.07, 6.45) is 3.02. The number of benzene rings is 1. The van der Waals surface area contributed by atoms with Crippen LogP contribution < -0.4 is 11.1 Å². The fourth-order valence-corrected chi connectivity index (χ4v) is 2.50. The summed E-state index contributed by atoms with van der Waals surface area (Å²) >= 11 is 0. The molecular weight excluding hydrogens is 336 g/mol. The summed E-state index contributed by atoms with van der Waals surface area (Å²) in [6, 6.07) is 12.7. The number of nitrogens with two attached hydrogens (primary N) is 1. The van der Waals surface area contributed by atoms with Gasteiger partial charge in [-0.3, -0.25) is 14.4 Å². The Morgan fingerprint density at radius 2 is 1.88 bits per heavy atom. The summed E-state index contributed by atoms with van der Waals surface area (Å²) in [6.45, 7) is 0. The highest BCUT2D eigenvalue weighted by atomic mass is 16.3. The molecule has 3 N–H and O–H groups in total. The zero-order valence-electron chi connectivity index (χ0n) is 13.7. The Morgan fingerprint density at radius 3 is 2.54 bits per heavy atom. The lowest BCUT2D eigenvalue weighted by Crippen LogP contribution is -2.47. The molecule has 0 bridgehead atoms. The van der Waals surface area contributed by atoms with Crippen LogP contribution in [0.15, 0.2) is 65.4 Å². The molecule has 3 aromatic rings. The van der Waals surface area contributed by atoms with Crippen molar-refractivity contribution in [3.05, 3.63) is 72.2 Å². The Balaban J connectivity index is 1.83. The predicted octanol–water partition coefficient (Wildman–Crippen LogP) is 0.861. The fourth-order valence-electron chi connectivity index (χ4n) is 2.50. The van der Waals surface area contributed by atoms with Crippen LogP contribution in [0.5, 0.6) is 0 Å². The van der Waals surface area contributed by atoms with Gasteiger partial charge in [0.25, 0.3) is 11.8 Å². The van der Waals surface area contributed by atoms with Gasteiger partial charge in [0.05, 0.1) is 12.5 Å². The Labute approximate surface area is 148 Å². The minimum atomic E-state index is -1.11. The van der Waals surface area contributed by atoms with Crippen molar-refractivity contribution >= 4 is 17.6 Å². The van der Waals surface area contributed by atoms with Gasteiger partial charge in [-0.05, 0) is 17.7 Å². The number of hydrogen-bond acceptors (Lipinski definition) is 5. The minimum absolute atomic E-state index is 0.142. The van der Waals surface area contributed by atoms with Crippen LogP contribution in [0.1, 0.15) is 16.1 Å². The third-order valence-electron chi connectivity index (χ3n) is 3.74. The maximum Gasteiger partial charge on any atom is 0.287 e. The summed E-state index contributed by atoms with van der Waals surface area (Å²) in [5, 5.41) is 6.60. The number of rotatable bonds is 7. The molecular formula is C18H16N4O4. The van der Waals surface area contributed by atoms with Gasteiger partial charge in [0.15, 0.2) is 0 Å². The Kier molecular flexibility index (Phi) is 4.93. The fraction of sp³-hybridized carbons (Fsp3) is 0.111. The molecule has 1 aromatic carbocycles. The molecule has 8 heteroatoms. The first-order valence-corrected chi connectivity index (χ1v) is 7.82. The molecule has 132 valence electrons. The van der Waals surface area contributed by atoms with Crippen molar-refractivity contribution in [3.63, 3.8) is 0 Å². The molecule has 0 aliphatic heterocycles. The van der Waals surface area contributed by atoms with Crippen molar-refractivity contribution in [1.29, 1.82) is 0 Å². The first-order chi connectivity index (χ1) is 12.6. The van der Waals surface area contributed by atoms with Gasteiger partial charge in [-0.2, -0.15) is 9.78 Å². The summed E-state index contributed by atoms with van der Waals surface area (Å²) in [7, 11) is 0. The van der Waals surface area contributed by atoms with E-state index in [0.717, 1.165) is 5.56 Å². The minimum Gasteiger partial charge on any atom is -0.447 e. The summed E-state index contributed by atoms with van der Waals surface area (Å²) in [4.78, 5) is 36.1. The summed E-state index contributed by atoms with van der Waals surface area (Å²) in [5.41, 5.74) is 6.07. The third kappa shape index (κ3) is 3.69. The highest BCUT2D eigenvalue weighted by Gasteiger charge is 2.27. The van der Waals surface area contributed by atoms with E-state index in [0.29, 0.717) is 5.88 Å². The molecule has 2 aromatic heterocycles. The molecule has 2 heterocycles. The zero-order chi connectivity index (χ0) is 18.5. The second-order valence-corrected chi connectivity index (χ2v) is 5.52. The van der Waals surface area contributed by atoms with Crippen LogP contribution >= 0.6 is 0 Å². The van der Waals surface area contributed by atoms with Crippen LogP contribution in [0.2, 0.25) is 0 Å². The number of carbonyl (C=O) groups is 3. The van der Waals surface area contributed by atoms with Crippen molar-refractivity contribution < 1.29 is 18.8 Å². The van der Waals surface area contributed by atoms with Gasteiger partial charge in [-0.25, -0.2) is 0 Å². The lowest BCUT2D eigenvalue weighted by atomic mass is 10.0. The first-order valence-electron chi connectivity index (χ1n) is 7.82. The Morgan fingerprint density at radius 1 is 1.12 bits per heavy atom. The number of carbonyl (C=O) groups excluding carboxylic acids is 3. The number of nitrogens with zero attached hydrogens (tertiary/aromatic N) is 2. The van der Waals surface area contributed by atoms with E-state index in [1.807, 2.05) is 6.07 Å². The molecule has 3 rings (SSSR count). The predicted molar refractivity (Wildman–Crippen MR) is 91.4 cm³/mol. The van der Waals surface area contributed by atoms with Gasteiger partial charge in [0.2, 0.25) is 11.7 Å². The largest absolute Gasteiger partial charge is 0.447 e. The standard InChI is InChI=1S/C18H16N4O4/c19-17(24)16(23)13(11-12-5-2-1-3-6-12)21-18(25)14-8-9-20-22(14)15-7-4-10-26-15/h1-10,13H,11H2,(H2,19,24)(H,21,25). The summed E-state index contributed by atoms with van der Waals surface area (Å²) < 4.78 is 6.53. The lowest BCUT2D eigenvalue weighted by Gasteiger charge is -2.16. The molecule has 0 saturated carbocycles. The van der Waals surface area contributed by atoms with Crippen molar-refractivity contribution in [3.8, 4) is 5.88 Å². The van der Waals surface area contributed by atoms with Crippen LogP contribution in [0.25, 0.3) is 5.88 Å². The van der Waals surface area contributed by atoms with Crippen LogP contribution in [0.3, 0.4) is 0 Å². The van der Waals surface area contributed by atoms with E-state index in [-0.39, 0.29) is 12.1 Å². The van der Waals surface area contributed by atoms with E-state index in [1.54, 1.807) is 36.4 Å². The van der Waals surface area contributed by atoms with E-state index in [2.05, 4.69) is 10.4 Å². The van der Waals surface area contributed by atoms with E-state index in [1.165, 1.54) is 23.2 Å². The molecule has 1 unspecified atom stereocenters. The molecule has 0 spiro atoms. The van der Waals surface area contributed by atoms with Crippen LogP contribution in [0, 0.1) is 0 Å². The SMILES string of the molecule is NC(=O)C(=O)C(Cc1ccccc1)NC(=O)c1ccnn1-c1ccco1. The van der Waals surface area contributed by atoms with Gasteiger partial charge in [0, 0.05) is 12.5 Å². The van der Waals surface area contributed by atoms with Crippen LogP contribution in [-0.2, 0) is 16.0 Å². The van der Waals surface area contributed by atoms with Crippen molar-refractivity contribution in [1.82, 2.24) is 15.1 Å². The maximum atomic E-state index is 12.6. The van der Waals surface area contributed by atoms with E-state index < -0.39 is 23.6 Å². The molecule has 2 amide bonds. The number of Topliss-reactive ketones (excluding diaryl/α,β-unsaturated/α-hetero) is 1. The van der Waals surface area contributed by atoms with E-state index in [4.69, 9.17) is 10.2 Å². The number of aromatic nitrogens is 2. The topological polar surface area (TPSA) is 120 Å². The second kappa shape index (κ2) is 7.47. The Hall–Kier alpha value is -3.68. The Bertz CT molecular complexity index is 916. The normalized spacial score (nSPS) is 11.7. The number of nitrogens with one attached hydrogen (secondary N) is 1. The van der Waals surface area contributed by atoms with Crippen molar-refractivity contribution in [2.24, 2.45) is 5.73 Å². The van der Waals surface area contributed by atoms with Crippen molar-refractivity contribution in [2.45, 2.75) is 12.5 Å². The van der Waals surface area contributed by atoms with Crippen LogP contribution in [0.4, 0.5) is 0 Å². The van der Waals surface area contributed by atoms with Gasteiger partial charge in [0.1, 0.15) is 11.7 Å². The second-order valence-electron chi connectivity index (χ2n) is 5.52. The van der Waals surface area contributed by atoms with Gasteiger partial charge >= 0.3 is 0 Å². The quantitative estimate of drug-likeness (QED) is 0.611. The van der Waals surface area contributed by atoms with Crippen molar-refractivity contribution in [2.75, 3.05) is 0 Å². The van der Waals surface area contributed by atoms with Gasteiger partial charge < -0.3 is 15.5 Å². The average molecular weight is 352 g/mol. The summed E-state index contributed by atoms with van der Waals surface area (Å²) in [5.74, 6) is -2.20. The molecule has 0 saturated heterocycles. The smallest absolute Gasteiger partial charge is 0.287 e. The third-order valence-corrected chi connectivity index (χ3v) is 3.74. The monoisotopic (exact) mass is 352 g/mol.